The molecule has 3 aromatic rings. The summed E-state index contributed by atoms with van der Waals surface area (Å²) in [6, 6.07) is 18.1. The van der Waals surface area contributed by atoms with Gasteiger partial charge in [0, 0.05) is 29.8 Å². The number of rotatable bonds is 10. The van der Waals surface area contributed by atoms with Crippen LogP contribution in [0.25, 0.3) is 10.1 Å². The van der Waals surface area contributed by atoms with Gasteiger partial charge in [-0.2, -0.15) is 0 Å². The maximum atomic E-state index is 10.6. The first-order valence-electron chi connectivity index (χ1n) is 10.1. The number of hydrogen-bond acceptors (Lipinski definition) is 5. The van der Waals surface area contributed by atoms with Gasteiger partial charge in [0.05, 0.1) is 13.2 Å². The first-order valence-corrected chi connectivity index (χ1v) is 10.9. The van der Waals surface area contributed by atoms with Crippen LogP contribution >= 0.6 is 35.3 Å². The Morgan fingerprint density at radius 2 is 1.94 bits per heavy atom. The molecule has 0 radical (unpaired) electrons. The van der Waals surface area contributed by atoms with E-state index in [0.29, 0.717) is 32.3 Å². The Morgan fingerprint density at radius 1 is 1.10 bits per heavy atom. The SMILES string of the molecule is CCNC(=NCc1cccc(OCCOC)c1)NCC(O)c1cc2ccccc2s1.I. The maximum absolute atomic E-state index is 10.6. The minimum Gasteiger partial charge on any atom is -0.491 e. The number of thiophene rings is 1. The third-order valence-corrected chi connectivity index (χ3v) is 5.67. The average Bonchev–Trinajstić information content (AvgIpc) is 3.20. The summed E-state index contributed by atoms with van der Waals surface area (Å²) >= 11 is 1.62. The number of ether oxygens (including phenoxy) is 2. The molecule has 0 amide bonds. The lowest BCUT2D eigenvalue weighted by atomic mass is 10.2. The molecule has 0 saturated heterocycles. The van der Waals surface area contributed by atoms with Crippen molar-refractivity contribution in [1.29, 1.82) is 0 Å². The van der Waals surface area contributed by atoms with E-state index in [1.807, 2.05) is 49.4 Å². The summed E-state index contributed by atoms with van der Waals surface area (Å²) in [5, 5.41) is 18.2. The Bertz CT molecular complexity index is 931. The van der Waals surface area contributed by atoms with E-state index in [2.05, 4.69) is 27.8 Å². The number of fused-ring (bicyclic) bond motifs is 1. The molecular formula is C23H30IN3O3S. The van der Waals surface area contributed by atoms with Gasteiger partial charge in [-0.05, 0) is 42.1 Å². The van der Waals surface area contributed by atoms with Crippen molar-refractivity contribution in [3.8, 4) is 5.75 Å². The standard InChI is InChI=1S/C23H29N3O3S.HI/c1-3-24-23(25-15-17-7-6-9-19(13-17)29-12-11-28-2)26-16-20(27)22-14-18-8-4-5-10-21(18)30-22;/h4-10,13-14,20,27H,3,11-12,15-16H2,1-2H3,(H2,24,25,26);1H. The van der Waals surface area contributed by atoms with Gasteiger partial charge in [-0.3, -0.25) is 0 Å². The molecule has 3 N–H and O–H groups in total. The molecule has 6 nitrogen and oxygen atoms in total. The molecule has 0 fully saturated rings. The van der Waals surface area contributed by atoms with E-state index in [1.54, 1.807) is 18.4 Å². The highest BCUT2D eigenvalue weighted by Gasteiger charge is 2.12. The molecule has 2 aromatic carbocycles. The number of nitrogens with one attached hydrogen (secondary N) is 2. The van der Waals surface area contributed by atoms with Gasteiger partial charge in [0.1, 0.15) is 18.5 Å². The number of guanidine groups is 1. The summed E-state index contributed by atoms with van der Waals surface area (Å²) in [6.45, 7) is 4.73. The van der Waals surface area contributed by atoms with Crippen molar-refractivity contribution in [2.75, 3.05) is 33.4 Å². The molecule has 1 atom stereocenters. The molecule has 0 aliphatic rings. The van der Waals surface area contributed by atoms with Gasteiger partial charge >= 0.3 is 0 Å². The van der Waals surface area contributed by atoms with Crippen molar-refractivity contribution >= 4 is 51.4 Å². The van der Waals surface area contributed by atoms with Crippen LogP contribution in [0, 0.1) is 0 Å². The fourth-order valence-electron chi connectivity index (χ4n) is 2.95. The molecule has 0 spiro atoms. The van der Waals surface area contributed by atoms with Crippen LogP contribution in [0.3, 0.4) is 0 Å². The normalized spacial score (nSPS) is 12.3. The minimum atomic E-state index is -0.594. The number of hydrogen-bond donors (Lipinski definition) is 3. The van der Waals surface area contributed by atoms with Gasteiger partial charge in [-0.15, -0.1) is 35.3 Å². The zero-order valence-electron chi connectivity index (χ0n) is 17.8. The summed E-state index contributed by atoms with van der Waals surface area (Å²) in [5.41, 5.74) is 1.05. The van der Waals surface area contributed by atoms with Crippen molar-refractivity contribution in [3.63, 3.8) is 0 Å². The van der Waals surface area contributed by atoms with Crippen molar-refractivity contribution in [2.45, 2.75) is 19.6 Å². The fourth-order valence-corrected chi connectivity index (χ4v) is 4.00. The second-order valence-corrected chi connectivity index (χ2v) is 7.88. The summed E-state index contributed by atoms with van der Waals surface area (Å²) in [6.07, 6.45) is -0.594. The van der Waals surface area contributed by atoms with Crippen LogP contribution in [-0.2, 0) is 11.3 Å². The average molecular weight is 555 g/mol. The molecule has 1 aromatic heterocycles. The number of nitrogens with zero attached hydrogens (tertiary/aromatic N) is 1. The van der Waals surface area contributed by atoms with Gasteiger partial charge in [-0.25, -0.2) is 4.99 Å². The van der Waals surface area contributed by atoms with Crippen LogP contribution in [0.1, 0.15) is 23.5 Å². The van der Waals surface area contributed by atoms with Gasteiger partial charge in [-0.1, -0.05) is 30.3 Å². The van der Waals surface area contributed by atoms with Crippen LogP contribution in [0.15, 0.2) is 59.6 Å². The molecule has 1 heterocycles. The lowest BCUT2D eigenvalue weighted by molar-refractivity contribution is 0.146. The Hall–Kier alpha value is -1.88. The summed E-state index contributed by atoms with van der Waals surface area (Å²) in [7, 11) is 1.65. The molecule has 0 bridgehead atoms. The largest absolute Gasteiger partial charge is 0.491 e. The van der Waals surface area contributed by atoms with Crippen LogP contribution in [-0.4, -0.2) is 44.5 Å². The van der Waals surface area contributed by atoms with Gasteiger partial charge < -0.3 is 25.2 Å². The van der Waals surface area contributed by atoms with E-state index >= 15 is 0 Å². The Labute approximate surface area is 204 Å². The topological polar surface area (TPSA) is 75.1 Å². The van der Waals surface area contributed by atoms with Gasteiger partial charge in [0.25, 0.3) is 0 Å². The van der Waals surface area contributed by atoms with E-state index < -0.39 is 6.10 Å². The Morgan fingerprint density at radius 3 is 2.71 bits per heavy atom. The van der Waals surface area contributed by atoms with E-state index in [-0.39, 0.29) is 24.0 Å². The number of aliphatic imine (C=N–C) groups is 1. The van der Waals surface area contributed by atoms with Crippen molar-refractivity contribution in [2.24, 2.45) is 4.99 Å². The molecule has 168 valence electrons. The zero-order chi connectivity index (χ0) is 21.2. The molecule has 1 unspecified atom stereocenters. The molecule has 8 heteroatoms. The van der Waals surface area contributed by atoms with E-state index in [0.717, 1.165) is 28.1 Å². The first-order chi connectivity index (χ1) is 14.7. The molecule has 0 aliphatic heterocycles. The maximum Gasteiger partial charge on any atom is 0.191 e. The summed E-state index contributed by atoms with van der Waals surface area (Å²) < 4.78 is 11.8. The molecule has 0 saturated carbocycles. The molecule has 0 aliphatic carbocycles. The van der Waals surface area contributed by atoms with Crippen LogP contribution in [0.2, 0.25) is 0 Å². The lowest BCUT2D eigenvalue weighted by Gasteiger charge is -2.14. The number of methoxy groups -OCH3 is 1. The third-order valence-electron chi connectivity index (χ3n) is 4.45. The molecular weight excluding hydrogens is 525 g/mol. The van der Waals surface area contributed by atoms with E-state index in [4.69, 9.17) is 9.47 Å². The number of benzene rings is 2. The fraction of sp³-hybridized carbons (Fsp3) is 0.348. The van der Waals surface area contributed by atoms with Crippen LogP contribution in [0.5, 0.6) is 5.75 Å². The van der Waals surface area contributed by atoms with E-state index in [1.165, 1.54) is 4.70 Å². The highest BCUT2D eigenvalue weighted by molar-refractivity contribution is 14.0. The highest BCUT2D eigenvalue weighted by Crippen LogP contribution is 2.29. The van der Waals surface area contributed by atoms with Crippen LogP contribution in [0.4, 0.5) is 0 Å². The third kappa shape index (κ3) is 7.95. The van der Waals surface area contributed by atoms with Crippen molar-refractivity contribution < 1.29 is 14.6 Å². The Balaban J connectivity index is 0.00000341. The predicted molar refractivity (Wildman–Crippen MR) is 139 cm³/mol. The number of aliphatic hydroxyl groups is 1. The lowest BCUT2D eigenvalue weighted by Crippen LogP contribution is -2.39. The molecule has 3 rings (SSSR count). The predicted octanol–water partition coefficient (Wildman–Crippen LogP) is 4.33. The zero-order valence-corrected chi connectivity index (χ0v) is 21.0. The summed E-state index contributed by atoms with van der Waals surface area (Å²) in [5.74, 6) is 1.47. The monoisotopic (exact) mass is 555 g/mol. The first kappa shape index (κ1) is 25.4. The van der Waals surface area contributed by atoms with Gasteiger partial charge in [0.15, 0.2) is 5.96 Å². The summed E-state index contributed by atoms with van der Waals surface area (Å²) in [4.78, 5) is 5.58. The van der Waals surface area contributed by atoms with Crippen molar-refractivity contribution in [1.82, 2.24) is 10.6 Å². The second kappa shape index (κ2) is 13.5. The van der Waals surface area contributed by atoms with E-state index in [9.17, 15) is 5.11 Å². The van der Waals surface area contributed by atoms with Gasteiger partial charge in [0.2, 0.25) is 0 Å². The minimum absolute atomic E-state index is 0. The second-order valence-electron chi connectivity index (χ2n) is 6.77. The quantitative estimate of drug-likeness (QED) is 0.150. The van der Waals surface area contributed by atoms with Crippen LogP contribution < -0.4 is 15.4 Å². The number of halogens is 1. The number of aliphatic hydroxyl groups excluding tert-OH is 1. The van der Waals surface area contributed by atoms with Crippen molar-refractivity contribution in [3.05, 3.63) is 65.0 Å². The highest BCUT2D eigenvalue weighted by atomic mass is 127. The smallest absolute Gasteiger partial charge is 0.191 e. The Kier molecular flexibility index (Phi) is 11.1. The molecule has 31 heavy (non-hydrogen) atoms.